The minimum Gasteiger partial charge on any atom is -0.530 e. The van der Waals surface area contributed by atoms with E-state index in [-0.39, 0.29) is 20.9 Å². The minimum atomic E-state index is -4.68. The molecule has 0 heterocycles. The first-order valence-electron chi connectivity index (χ1n) is 7.97. The number of halogens is 8. The summed E-state index contributed by atoms with van der Waals surface area (Å²) in [5.41, 5.74) is -0.221. The van der Waals surface area contributed by atoms with E-state index in [9.17, 15) is 54.9 Å². The SMILES string of the molecule is O=C([O-])N(Cc1cccc(CN(CC(F)(F)C(F)F)C(=O)[O-])c1)CC(F)(F)C(F)F. The molecule has 0 radical (unpaired) electrons. The molecule has 0 saturated carbocycles. The van der Waals surface area contributed by atoms with E-state index in [0.717, 1.165) is 24.3 Å². The van der Waals surface area contributed by atoms with Crippen molar-refractivity contribution in [2.75, 3.05) is 13.1 Å². The molecule has 1 rings (SSSR count). The van der Waals surface area contributed by atoms with E-state index in [1.165, 1.54) is 0 Å². The Kier molecular flexibility index (Phi) is 8.25. The van der Waals surface area contributed by atoms with E-state index in [1.807, 2.05) is 0 Å². The first kappa shape index (κ1) is 25.2. The summed E-state index contributed by atoms with van der Waals surface area (Å²) in [5, 5.41) is 21.9. The number of carbonyl (C=O) groups excluding carboxylic acids is 2. The van der Waals surface area contributed by atoms with Crippen molar-refractivity contribution in [3.05, 3.63) is 35.4 Å². The van der Waals surface area contributed by atoms with Gasteiger partial charge in [-0.25, -0.2) is 17.6 Å². The lowest BCUT2D eigenvalue weighted by atomic mass is 10.1. The van der Waals surface area contributed by atoms with Crippen LogP contribution in [0.4, 0.5) is 44.7 Å². The van der Waals surface area contributed by atoms with Crippen LogP contribution < -0.4 is 10.2 Å². The van der Waals surface area contributed by atoms with Crippen LogP contribution in [0.15, 0.2) is 24.3 Å². The molecule has 0 aromatic heterocycles. The molecular formula is C16H14F8N2O4-2. The molecule has 0 atom stereocenters. The Morgan fingerprint density at radius 3 is 1.40 bits per heavy atom. The minimum absolute atomic E-state index is 0.110. The summed E-state index contributed by atoms with van der Waals surface area (Å²) < 4.78 is 102. The molecule has 0 N–H and O–H groups in total. The standard InChI is InChI=1S/C16H16F8N2O4/c17-11(18)15(21,22)7-25(13(27)28)5-9-2-1-3-10(4-9)6-26(14(29)30)8-16(23,24)12(19)20/h1-4,11-12H,5-8H2,(H,27,28)(H,29,30)/p-2. The predicted octanol–water partition coefficient (Wildman–Crippen LogP) is 1.78. The number of nitrogens with zero attached hydrogens (tertiary/aromatic N) is 2. The zero-order valence-corrected chi connectivity index (χ0v) is 14.8. The molecule has 1 aromatic rings. The van der Waals surface area contributed by atoms with E-state index < -0.39 is 63.1 Å². The summed E-state index contributed by atoms with van der Waals surface area (Å²) >= 11 is 0. The maximum absolute atomic E-state index is 13.1. The summed E-state index contributed by atoms with van der Waals surface area (Å²) in [6, 6.07) is 4.45. The summed E-state index contributed by atoms with van der Waals surface area (Å²) in [5.74, 6) is -9.35. The van der Waals surface area contributed by atoms with Crippen molar-refractivity contribution in [2.24, 2.45) is 0 Å². The third kappa shape index (κ3) is 7.22. The van der Waals surface area contributed by atoms with Gasteiger partial charge in [-0.2, -0.15) is 17.6 Å². The van der Waals surface area contributed by atoms with Crippen molar-refractivity contribution in [3.63, 3.8) is 0 Å². The smallest absolute Gasteiger partial charge is 0.324 e. The van der Waals surface area contributed by atoms with Gasteiger partial charge in [0.25, 0.3) is 0 Å². The second-order valence-electron chi connectivity index (χ2n) is 6.19. The molecule has 0 bridgehead atoms. The van der Waals surface area contributed by atoms with Crippen LogP contribution in [0.2, 0.25) is 0 Å². The zero-order valence-electron chi connectivity index (χ0n) is 14.8. The van der Waals surface area contributed by atoms with Crippen LogP contribution >= 0.6 is 0 Å². The van der Waals surface area contributed by atoms with Gasteiger partial charge in [0.2, 0.25) is 0 Å². The highest BCUT2D eigenvalue weighted by Gasteiger charge is 2.43. The predicted molar refractivity (Wildman–Crippen MR) is 80.0 cm³/mol. The molecule has 170 valence electrons. The Bertz CT molecular complexity index is 690. The van der Waals surface area contributed by atoms with Gasteiger partial charge >= 0.3 is 24.7 Å². The molecule has 0 fully saturated rings. The van der Waals surface area contributed by atoms with Crippen LogP contribution in [0.5, 0.6) is 0 Å². The highest BCUT2D eigenvalue weighted by Crippen LogP contribution is 2.26. The normalized spacial score (nSPS) is 12.3. The maximum atomic E-state index is 13.1. The molecule has 0 aliphatic rings. The van der Waals surface area contributed by atoms with Gasteiger partial charge in [-0.15, -0.1) is 0 Å². The lowest BCUT2D eigenvalue weighted by Crippen LogP contribution is -2.49. The van der Waals surface area contributed by atoms with Gasteiger partial charge in [-0.05, 0) is 11.1 Å². The maximum Gasteiger partial charge on any atom is 0.324 e. The highest BCUT2D eigenvalue weighted by molar-refractivity contribution is 5.63. The fourth-order valence-electron chi connectivity index (χ4n) is 2.28. The molecule has 0 saturated heterocycles. The Morgan fingerprint density at radius 2 is 1.13 bits per heavy atom. The largest absolute Gasteiger partial charge is 0.530 e. The molecule has 0 aliphatic carbocycles. The molecular weight excluding hydrogens is 436 g/mol. The molecule has 1 aromatic carbocycles. The Balaban J connectivity index is 2.99. The van der Waals surface area contributed by atoms with Crippen molar-refractivity contribution in [2.45, 2.75) is 37.8 Å². The average Bonchev–Trinajstić information content (AvgIpc) is 2.60. The molecule has 14 heteroatoms. The quantitative estimate of drug-likeness (QED) is 0.509. The van der Waals surface area contributed by atoms with Gasteiger partial charge in [0.05, 0.1) is 13.1 Å². The van der Waals surface area contributed by atoms with E-state index >= 15 is 0 Å². The van der Waals surface area contributed by atoms with Crippen molar-refractivity contribution in [1.82, 2.24) is 9.80 Å². The summed E-state index contributed by atoms with van der Waals surface area (Å²) in [6.45, 7) is -5.56. The number of hydrogen-bond donors (Lipinski definition) is 0. The van der Waals surface area contributed by atoms with Crippen LogP contribution in [0.3, 0.4) is 0 Å². The van der Waals surface area contributed by atoms with Crippen molar-refractivity contribution in [3.8, 4) is 0 Å². The van der Waals surface area contributed by atoms with Crippen LogP contribution in [-0.4, -0.2) is 59.8 Å². The van der Waals surface area contributed by atoms with Crippen molar-refractivity contribution < 1.29 is 54.9 Å². The Morgan fingerprint density at radius 1 is 0.800 bits per heavy atom. The Hall–Kier alpha value is -2.80. The fourth-order valence-corrected chi connectivity index (χ4v) is 2.28. The highest BCUT2D eigenvalue weighted by atomic mass is 19.3. The van der Waals surface area contributed by atoms with Gasteiger partial charge < -0.3 is 29.6 Å². The molecule has 0 unspecified atom stereocenters. The van der Waals surface area contributed by atoms with Crippen LogP contribution in [0.25, 0.3) is 0 Å². The van der Waals surface area contributed by atoms with E-state index in [0.29, 0.717) is 0 Å². The first-order chi connectivity index (χ1) is 13.7. The monoisotopic (exact) mass is 450 g/mol. The molecule has 0 spiro atoms. The second kappa shape index (κ2) is 9.80. The zero-order chi connectivity index (χ0) is 23.3. The van der Waals surface area contributed by atoms with Gasteiger partial charge in [-0.3, -0.25) is 0 Å². The summed E-state index contributed by atoms with van der Waals surface area (Å²) in [4.78, 5) is 21.7. The molecule has 6 nitrogen and oxygen atoms in total. The number of rotatable bonds is 10. The third-order valence-corrected chi connectivity index (χ3v) is 3.70. The van der Waals surface area contributed by atoms with Crippen molar-refractivity contribution >= 4 is 12.2 Å². The lowest BCUT2D eigenvalue weighted by molar-refractivity contribution is -0.272. The molecule has 2 amide bonds. The summed E-state index contributed by atoms with van der Waals surface area (Å²) in [6.07, 6.45) is -12.7. The summed E-state index contributed by atoms with van der Waals surface area (Å²) in [7, 11) is 0. The number of hydrogen-bond acceptors (Lipinski definition) is 4. The van der Waals surface area contributed by atoms with Crippen LogP contribution in [0.1, 0.15) is 11.1 Å². The molecule has 0 aliphatic heterocycles. The van der Waals surface area contributed by atoms with Crippen molar-refractivity contribution in [1.29, 1.82) is 0 Å². The number of alkyl halides is 8. The fraction of sp³-hybridized carbons (Fsp3) is 0.500. The molecule has 30 heavy (non-hydrogen) atoms. The van der Waals surface area contributed by atoms with Gasteiger partial charge in [-0.1, -0.05) is 24.3 Å². The first-order valence-corrected chi connectivity index (χ1v) is 7.97. The number of benzene rings is 1. The van der Waals surface area contributed by atoms with E-state index in [4.69, 9.17) is 0 Å². The topological polar surface area (TPSA) is 86.7 Å². The average molecular weight is 450 g/mol. The lowest BCUT2D eigenvalue weighted by Gasteiger charge is -2.30. The number of amides is 2. The van der Waals surface area contributed by atoms with Crippen LogP contribution in [-0.2, 0) is 13.1 Å². The van der Waals surface area contributed by atoms with Crippen LogP contribution in [0, 0.1) is 0 Å². The van der Waals surface area contributed by atoms with E-state index in [2.05, 4.69) is 0 Å². The number of carboxylic acid groups (broad SMARTS) is 2. The van der Waals surface area contributed by atoms with Gasteiger partial charge in [0.15, 0.2) is 0 Å². The van der Waals surface area contributed by atoms with Gasteiger partial charge in [0.1, 0.15) is 12.2 Å². The third-order valence-electron chi connectivity index (χ3n) is 3.70. The van der Waals surface area contributed by atoms with E-state index in [1.54, 1.807) is 0 Å². The number of carbonyl (C=O) groups is 2. The van der Waals surface area contributed by atoms with Gasteiger partial charge in [0, 0.05) is 13.1 Å². The second-order valence-corrected chi connectivity index (χ2v) is 6.19. The Labute approximate surface area is 164 Å².